The van der Waals surface area contributed by atoms with Crippen LogP contribution in [0.2, 0.25) is 0 Å². The van der Waals surface area contributed by atoms with Crippen molar-refractivity contribution in [2.45, 2.75) is 39.8 Å². The summed E-state index contributed by atoms with van der Waals surface area (Å²) in [5.74, 6) is 6.03. The molecule has 1 rings (SSSR count). The van der Waals surface area contributed by atoms with E-state index >= 15 is 0 Å². The normalized spacial score (nSPS) is 10.7. The SMILES string of the molecule is CCN(Cc1ccc(C#CCCO)s1)C(C)C. The van der Waals surface area contributed by atoms with Gasteiger partial charge in [-0.15, -0.1) is 11.3 Å². The molecule has 0 saturated carbocycles. The molecule has 0 amide bonds. The second-order valence-corrected chi connectivity index (χ2v) is 5.37. The average Bonchev–Trinajstić information content (AvgIpc) is 2.74. The zero-order valence-electron chi connectivity index (χ0n) is 10.9. The molecule has 2 nitrogen and oxygen atoms in total. The molecule has 1 N–H and O–H groups in total. The van der Waals surface area contributed by atoms with Crippen LogP contribution in [-0.2, 0) is 6.54 Å². The van der Waals surface area contributed by atoms with Crippen LogP contribution in [0, 0.1) is 11.8 Å². The first-order valence-corrected chi connectivity index (χ1v) is 6.91. The van der Waals surface area contributed by atoms with Crippen molar-refractivity contribution in [1.29, 1.82) is 0 Å². The van der Waals surface area contributed by atoms with Gasteiger partial charge in [-0.3, -0.25) is 4.90 Å². The minimum atomic E-state index is 0.141. The molecule has 0 fully saturated rings. The van der Waals surface area contributed by atoms with Crippen molar-refractivity contribution in [3.8, 4) is 11.8 Å². The predicted molar refractivity (Wildman–Crippen MR) is 74.1 cm³/mol. The standard InChI is InChI=1S/C14H21NOS/c1-4-15(12(2)3)11-14-9-8-13(17-14)7-5-6-10-16/h8-9,12,16H,4,6,10-11H2,1-3H3. The minimum Gasteiger partial charge on any atom is -0.395 e. The van der Waals surface area contributed by atoms with Gasteiger partial charge >= 0.3 is 0 Å². The molecule has 0 aliphatic rings. The fourth-order valence-electron chi connectivity index (χ4n) is 1.60. The Morgan fingerprint density at radius 1 is 1.41 bits per heavy atom. The highest BCUT2D eigenvalue weighted by atomic mass is 32.1. The molecule has 0 spiro atoms. The Hall–Kier alpha value is -0.820. The lowest BCUT2D eigenvalue weighted by Gasteiger charge is -2.23. The van der Waals surface area contributed by atoms with Gasteiger partial charge in [0.15, 0.2) is 0 Å². The van der Waals surface area contributed by atoms with E-state index in [-0.39, 0.29) is 6.61 Å². The highest BCUT2D eigenvalue weighted by molar-refractivity contribution is 7.12. The van der Waals surface area contributed by atoms with Gasteiger partial charge in [0.05, 0.1) is 11.5 Å². The Bertz CT molecular complexity index is 386. The molecular weight excluding hydrogens is 230 g/mol. The first kappa shape index (κ1) is 14.2. The molecule has 0 unspecified atom stereocenters. The van der Waals surface area contributed by atoms with Gasteiger partial charge in [0.2, 0.25) is 0 Å². The molecule has 0 aliphatic heterocycles. The van der Waals surface area contributed by atoms with Crippen molar-refractivity contribution in [1.82, 2.24) is 4.90 Å². The fourth-order valence-corrected chi connectivity index (χ4v) is 2.50. The molecular formula is C14H21NOS. The van der Waals surface area contributed by atoms with Gasteiger partial charge < -0.3 is 5.11 Å². The molecule has 0 radical (unpaired) electrons. The lowest BCUT2D eigenvalue weighted by atomic mass is 10.3. The third-order valence-corrected chi connectivity index (χ3v) is 3.59. The summed E-state index contributed by atoms with van der Waals surface area (Å²) >= 11 is 1.75. The van der Waals surface area contributed by atoms with Gasteiger partial charge in [-0.05, 0) is 32.5 Å². The molecule has 0 aliphatic carbocycles. The van der Waals surface area contributed by atoms with Gasteiger partial charge in [0.25, 0.3) is 0 Å². The van der Waals surface area contributed by atoms with Crippen molar-refractivity contribution in [3.05, 3.63) is 21.9 Å². The van der Waals surface area contributed by atoms with Crippen molar-refractivity contribution in [2.24, 2.45) is 0 Å². The van der Waals surface area contributed by atoms with Crippen LogP contribution in [-0.4, -0.2) is 29.2 Å². The van der Waals surface area contributed by atoms with Crippen LogP contribution in [0.3, 0.4) is 0 Å². The predicted octanol–water partition coefficient (Wildman–Crippen LogP) is 2.71. The molecule has 1 aromatic heterocycles. The fraction of sp³-hybridized carbons (Fsp3) is 0.571. The van der Waals surface area contributed by atoms with Crippen molar-refractivity contribution in [2.75, 3.05) is 13.2 Å². The number of aliphatic hydroxyl groups is 1. The van der Waals surface area contributed by atoms with Crippen molar-refractivity contribution in [3.63, 3.8) is 0 Å². The van der Waals surface area contributed by atoms with Crippen LogP contribution in [0.15, 0.2) is 12.1 Å². The molecule has 94 valence electrons. The van der Waals surface area contributed by atoms with E-state index in [0.717, 1.165) is 18.0 Å². The summed E-state index contributed by atoms with van der Waals surface area (Å²) in [6.07, 6.45) is 0.556. The Balaban J connectivity index is 2.59. The summed E-state index contributed by atoms with van der Waals surface area (Å²) in [6.45, 7) is 8.84. The molecule has 0 saturated heterocycles. The number of hydrogen-bond donors (Lipinski definition) is 1. The lowest BCUT2D eigenvalue weighted by molar-refractivity contribution is 0.227. The molecule has 17 heavy (non-hydrogen) atoms. The largest absolute Gasteiger partial charge is 0.395 e. The Labute approximate surface area is 108 Å². The Morgan fingerprint density at radius 2 is 2.18 bits per heavy atom. The number of thiophene rings is 1. The third kappa shape index (κ3) is 4.91. The van der Waals surface area contributed by atoms with Crippen molar-refractivity contribution < 1.29 is 5.11 Å². The summed E-state index contributed by atoms with van der Waals surface area (Å²) in [6, 6.07) is 4.79. The quantitative estimate of drug-likeness (QED) is 0.813. The van der Waals surface area contributed by atoms with Crippen LogP contribution in [0.1, 0.15) is 36.9 Å². The summed E-state index contributed by atoms with van der Waals surface area (Å²) in [4.78, 5) is 4.87. The maximum absolute atomic E-state index is 8.66. The molecule has 0 atom stereocenters. The smallest absolute Gasteiger partial charge is 0.0771 e. The van der Waals surface area contributed by atoms with E-state index in [2.05, 4.69) is 49.6 Å². The van der Waals surface area contributed by atoms with E-state index in [1.807, 2.05) is 0 Å². The molecule has 1 heterocycles. The summed E-state index contributed by atoms with van der Waals surface area (Å²) in [7, 11) is 0. The van der Waals surface area contributed by atoms with Crippen LogP contribution >= 0.6 is 11.3 Å². The van der Waals surface area contributed by atoms with E-state index in [1.165, 1.54) is 4.88 Å². The van der Waals surface area contributed by atoms with Crippen LogP contribution in [0.5, 0.6) is 0 Å². The molecule has 1 aromatic rings. The zero-order valence-corrected chi connectivity index (χ0v) is 11.7. The Kier molecular flexibility index (Phi) is 6.28. The highest BCUT2D eigenvalue weighted by Gasteiger charge is 2.08. The number of aliphatic hydroxyl groups excluding tert-OH is 1. The third-order valence-electron chi connectivity index (χ3n) is 2.61. The first-order valence-electron chi connectivity index (χ1n) is 6.09. The summed E-state index contributed by atoms with van der Waals surface area (Å²) in [5, 5.41) is 8.66. The second-order valence-electron chi connectivity index (χ2n) is 4.20. The van der Waals surface area contributed by atoms with E-state index in [4.69, 9.17) is 5.11 Å². The molecule has 3 heteroatoms. The van der Waals surface area contributed by atoms with E-state index in [9.17, 15) is 0 Å². The number of rotatable bonds is 5. The van der Waals surface area contributed by atoms with Crippen LogP contribution in [0.25, 0.3) is 0 Å². The minimum absolute atomic E-state index is 0.141. The monoisotopic (exact) mass is 251 g/mol. The maximum atomic E-state index is 8.66. The van der Waals surface area contributed by atoms with Crippen LogP contribution in [0.4, 0.5) is 0 Å². The van der Waals surface area contributed by atoms with Gasteiger partial charge in [-0.25, -0.2) is 0 Å². The number of hydrogen-bond acceptors (Lipinski definition) is 3. The van der Waals surface area contributed by atoms with Gasteiger partial charge in [-0.1, -0.05) is 18.8 Å². The maximum Gasteiger partial charge on any atom is 0.0771 e. The van der Waals surface area contributed by atoms with Gasteiger partial charge in [-0.2, -0.15) is 0 Å². The van der Waals surface area contributed by atoms with E-state index < -0.39 is 0 Å². The Morgan fingerprint density at radius 3 is 2.76 bits per heavy atom. The van der Waals surface area contributed by atoms with Gasteiger partial charge in [0.1, 0.15) is 0 Å². The zero-order chi connectivity index (χ0) is 12.7. The molecule has 0 bridgehead atoms. The van der Waals surface area contributed by atoms with E-state index in [0.29, 0.717) is 12.5 Å². The van der Waals surface area contributed by atoms with Crippen LogP contribution < -0.4 is 0 Å². The average molecular weight is 251 g/mol. The van der Waals surface area contributed by atoms with E-state index in [1.54, 1.807) is 11.3 Å². The summed E-state index contributed by atoms with van der Waals surface area (Å²) < 4.78 is 0. The van der Waals surface area contributed by atoms with Gasteiger partial charge in [0, 0.05) is 23.9 Å². The second kappa shape index (κ2) is 7.50. The lowest BCUT2D eigenvalue weighted by Crippen LogP contribution is -2.29. The van der Waals surface area contributed by atoms with Crippen molar-refractivity contribution >= 4 is 11.3 Å². The molecule has 0 aromatic carbocycles. The number of nitrogens with zero attached hydrogens (tertiary/aromatic N) is 1. The highest BCUT2D eigenvalue weighted by Crippen LogP contribution is 2.18. The topological polar surface area (TPSA) is 23.5 Å². The summed E-state index contributed by atoms with van der Waals surface area (Å²) in [5.41, 5.74) is 0. The first-order chi connectivity index (χ1) is 8.17.